The van der Waals surface area contributed by atoms with Crippen molar-refractivity contribution in [3.63, 3.8) is 0 Å². The fourth-order valence-electron chi connectivity index (χ4n) is 2.39. The summed E-state index contributed by atoms with van der Waals surface area (Å²) in [5.74, 6) is 1.77. The molecule has 1 atom stereocenters. The van der Waals surface area contributed by atoms with Gasteiger partial charge in [-0.25, -0.2) is 0 Å². The van der Waals surface area contributed by atoms with Gasteiger partial charge in [0.2, 0.25) is 0 Å². The standard InChI is InChI=1S/C16H18BrN3OS/c1-3-20-15(12-4-5-12)18-19-16(20)22-10(2)14(21)11-6-8-13(17)9-7-11/h6-10,12H,3-5H2,1-2H3/t10-/m0/s1. The van der Waals surface area contributed by atoms with E-state index >= 15 is 0 Å². The summed E-state index contributed by atoms with van der Waals surface area (Å²) in [5.41, 5.74) is 0.730. The fourth-order valence-corrected chi connectivity index (χ4v) is 3.65. The van der Waals surface area contributed by atoms with E-state index < -0.39 is 0 Å². The van der Waals surface area contributed by atoms with Gasteiger partial charge in [0.1, 0.15) is 5.82 Å². The van der Waals surface area contributed by atoms with Gasteiger partial charge in [-0.2, -0.15) is 0 Å². The molecule has 0 radical (unpaired) electrons. The SMILES string of the molecule is CCn1c(S[C@@H](C)C(=O)c2ccc(Br)cc2)nnc1C1CC1. The van der Waals surface area contributed by atoms with Crippen molar-refractivity contribution in [1.29, 1.82) is 0 Å². The van der Waals surface area contributed by atoms with Crippen LogP contribution < -0.4 is 0 Å². The number of aromatic nitrogens is 3. The topological polar surface area (TPSA) is 47.8 Å². The summed E-state index contributed by atoms with van der Waals surface area (Å²) in [4.78, 5) is 12.5. The molecule has 3 rings (SSSR count). The van der Waals surface area contributed by atoms with E-state index in [0.717, 1.165) is 27.6 Å². The fraction of sp³-hybridized carbons (Fsp3) is 0.438. The molecule has 0 spiro atoms. The van der Waals surface area contributed by atoms with Gasteiger partial charge in [0.15, 0.2) is 10.9 Å². The number of nitrogens with zero attached hydrogens (tertiary/aromatic N) is 3. The summed E-state index contributed by atoms with van der Waals surface area (Å²) in [7, 11) is 0. The second kappa shape index (κ2) is 6.54. The van der Waals surface area contributed by atoms with E-state index in [1.807, 2.05) is 31.2 Å². The third-order valence-electron chi connectivity index (χ3n) is 3.78. The van der Waals surface area contributed by atoms with Gasteiger partial charge in [-0.15, -0.1) is 10.2 Å². The molecule has 22 heavy (non-hydrogen) atoms. The number of carbonyl (C=O) groups excluding carboxylic acids is 1. The van der Waals surface area contributed by atoms with Crippen LogP contribution in [-0.4, -0.2) is 25.8 Å². The van der Waals surface area contributed by atoms with E-state index in [0.29, 0.717) is 5.92 Å². The molecule has 116 valence electrons. The molecule has 0 N–H and O–H groups in total. The Morgan fingerprint density at radius 3 is 2.64 bits per heavy atom. The second-order valence-electron chi connectivity index (χ2n) is 5.49. The molecule has 1 fully saturated rings. The average molecular weight is 380 g/mol. The summed E-state index contributed by atoms with van der Waals surface area (Å²) in [5, 5.41) is 9.29. The predicted molar refractivity (Wildman–Crippen MR) is 91.5 cm³/mol. The van der Waals surface area contributed by atoms with Crippen LogP contribution in [0.4, 0.5) is 0 Å². The number of Topliss-reactive ketones (excluding diaryl/α,β-unsaturated/α-hetero) is 1. The Kier molecular flexibility index (Phi) is 4.68. The van der Waals surface area contributed by atoms with Crippen molar-refractivity contribution in [2.24, 2.45) is 0 Å². The van der Waals surface area contributed by atoms with Gasteiger partial charge in [0.05, 0.1) is 5.25 Å². The van der Waals surface area contributed by atoms with Gasteiger partial charge >= 0.3 is 0 Å². The monoisotopic (exact) mass is 379 g/mol. The van der Waals surface area contributed by atoms with Crippen LogP contribution >= 0.6 is 27.7 Å². The average Bonchev–Trinajstić information content (AvgIpc) is 3.29. The quantitative estimate of drug-likeness (QED) is 0.554. The van der Waals surface area contributed by atoms with Gasteiger partial charge in [0.25, 0.3) is 0 Å². The van der Waals surface area contributed by atoms with Crippen LogP contribution in [0.2, 0.25) is 0 Å². The number of carbonyl (C=O) groups is 1. The molecular weight excluding hydrogens is 362 g/mol. The molecule has 1 heterocycles. The molecular formula is C16H18BrN3OS. The molecule has 4 nitrogen and oxygen atoms in total. The Morgan fingerprint density at radius 1 is 1.36 bits per heavy atom. The minimum atomic E-state index is -0.178. The third kappa shape index (κ3) is 3.27. The van der Waals surface area contributed by atoms with Gasteiger partial charge in [-0.3, -0.25) is 4.79 Å². The first kappa shape index (κ1) is 15.7. The minimum Gasteiger partial charge on any atom is -0.306 e. The van der Waals surface area contributed by atoms with Gasteiger partial charge < -0.3 is 4.57 Å². The Balaban J connectivity index is 1.74. The zero-order chi connectivity index (χ0) is 15.7. The molecule has 0 saturated heterocycles. The smallest absolute Gasteiger partial charge is 0.191 e. The molecule has 1 aromatic heterocycles. The molecule has 0 aliphatic heterocycles. The molecule has 2 aromatic rings. The number of benzene rings is 1. The molecule has 1 aromatic carbocycles. The Hall–Kier alpha value is -1.14. The highest BCUT2D eigenvalue weighted by atomic mass is 79.9. The van der Waals surface area contributed by atoms with E-state index in [1.54, 1.807) is 0 Å². The van der Waals surface area contributed by atoms with E-state index in [-0.39, 0.29) is 11.0 Å². The lowest BCUT2D eigenvalue weighted by molar-refractivity contribution is 0.0994. The van der Waals surface area contributed by atoms with E-state index in [1.165, 1.54) is 24.6 Å². The van der Waals surface area contributed by atoms with Crippen LogP contribution in [0.5, 0.6) is 0 Å². The number of hydrogen-bond acceptors (Lipinski definition) is 4. The van der Waals surface area contributed by atoms with Crippen molar-refractivity contribution in [2.45, 2.75) is 49.6 Å². The maximum atomic E-state index is 12.5. The highest BCUT2D eigenvalue weighted by molar-refractivity contribution is 9.10. The third-order valence-corrected chi connectivity index (χ3v) is 5.39. The van der Waals surface area contributed by atoms with Crippen molar-refractivity contribution in [3.8, 4) is 0 Å². The molecule has 1 aliphatic rings. The summed E-state index contributed by atoms with van der Waals surface area (Å²) in [6.07, 6.45) is 2.41. The van der Waals surface area contributed by atoms with E-state index in [4.69, 9.17) is 0 Å². The highest BCUT2D eigenvalue weighted by Gasteiger charge is 2.30. The molecule has 1 saturated carbocycles. The van der Waals surface area contributed by atoms with Crippen LogP contribution in [0.15, 0.2) is 33.9 Å². The first-order valence-electron chi connectivity index (χ1n) is 7.49. The maximum Gasteiger partial charge on any atom is 0.191 e. The molecule has 0 bridgehead atoms. The van der Waals surface area contributed by atoms with Crippen LogP contribution in [-0.2, 0) is 6.54 Å². The lowest BCUT2D eigenvalue weighted by atomic mass is 10.1. The first-order valence-corrected chi connectivity index (χ1v) is 9.17. The van der Waals surface area contributed by atoms with Gasteiger partial charge in [0, 0.05) is 22.5 Å². The summed E-state index contributed by atoms with van der Waals surface area (Å²) in [6, 6.07) is 7.49. The summed E-state index contributed by atoms with van der Waals surface area (Å²) in [6.45, 7) is 4.88. The summed E-state index contributed by atoms with van der Waals surface area (Å²) >= 11 is 4.88. The lowest BCUT2D eigenvalue weighted by Crippen LogP contribution is -2.14. The van der Waals surface area contributed by atoms with Crippen molar-refractivity contribution in [2.75, 3.05) is 0 Å². The summed E-state index contributed by atoms with van der Waals surface area (Å²) < 4.78 is 3.12. The molecule has 1 aliphatic carbocycles. The number of rotatable bonds is 6. The number of halogens is 1. The van der Waals surface area contributed by atoms with Gasteiger partial charge in [-0.05, 0) is 38.8 Å². The first-order chi connectivity index (χ1) is 10.6. The molecule has 0 unspecified atom stereocenters. The van der Waals surface area contributed by atoms with E-state index in [9.17, 15) is 4.79 Å². The van der Waals surface area contributed by atoms with Crippen LogP contribution in [0.25, 0.3) is 0 Å². The maximum absolute atomic E-state index is 12.5. The number of ketones is 1. The van der Waals surface area contributed by atoms with E-state index in [2.05, 4.69) is 37.6 Å². The van der Waals surface area contributed by atoms with Crippen molar-refractivity contribution in [3.05, 3.63) is 40.1 Å². The van der Waals surface area contributed by atoms with Gasteiger partial charge in [-0.1, -0.05) is 39.8 Å². The van der Waals surface area contributed by atoms with Crippen molar-refractivity contribution < 1.29 is 4.79 Å². The highest BCUT2D eigenvalue weighted by Crippen LogP contribution is 2.40. The zero-order valence-electron chi connectivity index (χ0n) is 12.6. The number of thioether (sulfide) groups is 1. The Bertz CT molecular complexity index is 679. The molecule has 0 amide bonds. The van der Waals surface area contributed by atoms with Crippen LogP contribution in [0.3, 0.4) is 0 Å². The van der Waals surface area contributed by atoms with Crippen LogP contribution in [0, 0.1) is 0 Å². The molecule has 6 heteroatoms. The lowest BCUT2D eigenvalue weighted by Gasteiger charge is -2.11. The van der Waals surface area contributed by atoms with Crippen molar-refractivity contribution >= 4 is 33.5 Å². The number of hydrogen-bond donors (Lipinski definition) is 0. The van der Waals surface area contributed by atoms with Crippen LogP contribution in [0.1, 0.15) is 48.8 Å². The zero-order valence-corrected chi connectivity index (χ0v) is 15.0. The van der Waals surface area contributed by atoms with Crippen molar-refractivity contribution in [1.82, 2.24) is 14.8 Å². The largest absolute Gasteiger partial charge is 0.306 e. The normalized spacial score (nSPS) is 15.8. The minimum absolute atomic E-state index is 0.121. The predicted octanol–water partition coefficient (Wildman–Crippen LogP) is 4.30. The second-order valence-corrected chi connectivity index (χ2v) is 7.71. The Labute approximate surface area is 142 Å². The Morgan fingerprint density at radius 2 is 2.05 bits per heavy atom.